The van der Waals surface area contributed by atoms with E-state index in [0.29, 0.717) is 6.42 Å². The zero-order valence-electron chi connectivity index (χ0n) is 11.3. The number of rotatable bonds is 7. The number of hydrogen-bond acceptors (Lipinski definition) is 3. The van der Waals surface area contributed by atoms with E-state index in [0.717, 1.165) is 32.2 Å². The van der Waals surface area contributed by atoms with Gasteiger partial charge in [0.05, 0.1) is 11.5 Å². The summed E-state index contributed by atoms with van der Waals surface area (Å²) in [6, 6.07) is 0. The van der Waals surface area contributed by atoms with E-state index in [1.807, 2.05) is 13.8 Å². The van der Waals surface area contributed by atoms with Crippen LogP contribution >= 0.6 is 0 Å². The van der Waals surface area contributed by atoms with Crippen LogP contribution in [0.25, 0.3) is 0 Å². The second kappa shape index (κ2) is 6.73. The molecule has 0 aromatic heterocycles. The Bertz CT molecular complexity index is 299. The molecule has 2 unspecified atom stereocenters. The standard InChI is InChI=1S/C13H24N2O3/c1-3-6-10(11(16)17)9-14-12(18)13(4-2)7-5-8-15-13/h10,15H,3-9H2,1-2H3,(H,14,18)(H,16,17). The molecule has 1 aliphatic heterocycles. The number of hydrogen-bond donors (Lipinski definition) is 3. The summed E-state index contributed by atoms with van der Waals surface area (Å²) in [5.41, 5.74) is -0.477. The molecule has 5 heteroatoms. The molecule has 1 aliphatic rings. The van der Waals surface area contributed by atoms with Gasteiger partial charge < -0.3 is 15.7 Å². The molecule has 1 amide bonds. The largest absolute Gasteiger partial charge is 0.481 e. The lowest BCUT2D eigenvalue weighted by molar-refractivity contribution is -0.142. The van der Waals surface area contributed by atoms with Crippen molar-refractivity contribution in [3.63, 3.8) is 0 Å². The van der Waals surface area contributed by atoms with Crippen LogP contribution in [0.5, 0.6) is 0 Å². The third-order valence-electron chi connectivity index (χ3n) is 3.78. The van der Waals surface area contributed by atoms with Crippen LogP contribution in [0.3, 0.4) is 0 Å². The number of aliphatic carboxylic acids is 1. The molecular weight excluding hydrogens is 232 g/mol. The third kappa shape index (κ3) is 3.45. The molecule has 3 N–H and O–H groups in total. The highest BCUT2D eigenvalue weighted by atomic mass is 16.4. The number of carboxylic acids is 1. The quantitative estimate of drug-likeness (QED) is 0.638. The van der Waals surface area contributed by atoms with Crippen LogP contribution in [0.2, 0.25) is 0 Å². The summed E-state index contributed by atoms with van der Waals surface area (Å²) in [5, 5.41) is 15.1. The Morgan fingerprint density at radius 3 is 2.61 bits per heavy atom. The van der Waals surface area contributed by atoms with Gasteiger partial charge in [-0.3, -0.25) is 9.59 Å². The van der Waals surface area contributed by atoms with Crippen LogP contribution in [-0.4, -0.2) is 35.6 Å². The first-order chi connectivity index (χ1) is 8.55. The molecule has 0 bridgehead atoms. The molecule has 18 heavy (non-hydrogen) atoms. The average molecular weight is 256 g/mol. The number of carbonyl (C=O) groups excluding carboxylic acids is 1. The fourth-order valence-electron chi connectivity index (χ4n) is 2.51. The van der Waals surface area contributed by atoms with E-state index in [1.54, 1.807) is 0 Å². The summed E-state index contributed by atoms with van der Waals surface area (Å²) in [5.74, 6) is -1.36. The van der Waals surface area contributed by atoms with Crippen molar-refractivity contribution in [1.82, 2.24) is 10.6 Å². The van der Waals surface area contributed by atoms with Crippen molar-refractivity contribution in [3.8, 4) is 0 Å². The van der Waals surface area contributed by atoms with Gasteiger partial charge in [-0.25, -0.2) is 0 Å². The first-order valence-electron chi connectivity index (χ1n) is 6.82. The second-order valence-corrected chi connectivity index (χ2v) is 5.00. The van der Waals surface area contributed by atoms with Crippen molar-refractivity contribution >= 4 is 11.9 Å². The van der Waals surface area contributed by atoms with Gasteiger partial charge in [0, 0.05) is 6.54 Å². The van der Waals surface area contributed by atoms with Gasteiger partial charge in [-0.1, -0.05) is 20.3 Å². The van der Waals surface area contributed by atoms with Gasteiger partial charge in [0.1, 0.15) is 0 Å². The molecule has 1 saturated heterocycles. The van der Waals surface area contributed by atoms with E-state index in [1.165, 1.54) is 0 Å². The molecule has 0 radical (unpaired) electrons. The fourth-order valence-corrected chi connectivity index (χ4v) is 2.51. The zero-order valence-corrected chi connectivity index (χ0v) is 11.3. The lowest BCUT2D eigenvalue weighted by Crippen LogP contribution is -2.54. The van der Waals surface area contributed by atoms with Gasteiger partial charge in [0.15, 0.2) is 0 Å². The maximum atomic E-state index is 12.2. The highest BCUT2D eigenvalue weighted by molar-refractivity contribution is 5.87. The van der Waals surface area contributed by atoms with E-state index >= 15 is 0 Å². The van der Waals surface area contributed by atoms with Crippen molar-refractivity contribution in [2.24, 2.45) is 5.92 Å². The predicted octanol–water partition coefficient (Wildman–Crippen LogP) is 1.14. The van der Waals surface area contributed by atoms with Crippen LogP contribution in [0.1, 0.15) is 46.0 Å². The second-order valence-electron chi connectivity index (χ2n) is 5.00. The Labute approximate surface area is 108 Å². The number of carboxylic acid groups (broad SMARTS) is 1. The van der Waals surface area contributed by atoms with Gasteiger partial charge in [-0.15, -0.1) is 0 Å². The van der Waals surface area contributed by atoms with Gasteiger partial charge in [-0.05, 0) is 32.2 Å². The lowest BCUT2D eigenvalue weighted by atomic mass is 9.92. The van der Waals surface area contributed by atoms with Crippen LogP contribution < -0.4 is 10.6 Å². The molecule has 0 spiro atoms. The normalized spacial score (nSPS) is 24.8. The minimum atomic E-state index is -0.831. The Morgan fingerprint density at radius 2 is 2.17 bits per heavy atom. The monoisotopic (exact) mass is 256 g/mol. The van der Waals surface area contributed by atoms with Crippen molar-refractivity contribution in [2.45, 2.75) is 51.5 Å². The molecular formula is C13H24N2O3. The molecule has 1 heterocycles. The first kappa shape index (κ1) is 15.0. The number of nitrogens with one attached hydrogen (secondary N) is 2. The van der Waals surface area contributed by atoms with E-state index in [4.69, 9.17) is 5.11 Å². The van der Waals surface area contributed by atoms with Gasteiger partial charge in [0.2, 0.25) is 5.91 Å². The van der Waals surface area contributed by atoms with Crippen LogP contribution in [0.15, 0.2) is 0 Å². The summed E-state index contributed by atoms with van der Waals surface area (Å²) < 4.78 is 0. The molecule has 2 atom stereocenters. The SMILES string of the molecule is CCCC(CNC(=O)C1(CC)CCCN1)C(=O)O. The van der Waals surface area contributed by atoms with Gasteiger partial charge in [-0.2, -0.15) is 0 Å². The molecule has 0 saturated carbocycles. The zero-order chi connectivity index (χ0) is 13.6. The van der Waals surface area contributed by atoms with Crippen molar-refractivity contribution in [3.05, 3.63) is 0 Å². The molecule has 1 rings (SSSR count). The van der Waals surface area contributed by atoms with Crippen molar-refractivity contribution < 1.29 is 14.7 Å². The number of amides is 1. The summed E-state index contributed by atoms with van der Waals surface area (Å²) in [4.78, 5) is 23.2. The minimum absolute atomic E-state index is 0.0511. The van der Waals surface area contributed by atoms with Crippen molar-refractivity contribution in [2.75, 3.05) is 13.1 Å². The summed E-state index contributed by atoms with van der Waals surface area (Å²) in [6.07, 6.45) is 3.98. The minimum Gasteiger partial charge on any atom is -0.481 e. The Balaban J connectivity index is 2.51. The smallest absolute Gasteiger partial charge is 0.308 e. The van der Waals surface area contributed by atoms with Crippen LogP contribution in [0.4, 0.5) is 0 Å². The fraction of sp³-hybridized carbons (Fsp3) is 0.846. The Kier molecular flexibility index (Phi) is 5.59. The van der Waals surface area contributed by atoms with Crippen molar-refractivity contribution in [1.29, 1.82) is 0 Å². The molecule has 1 fully saturated rings. The lowest BCUT2D eigenvalue weighted by Gasteiger charge is -2.27. The number of carbonyl (C=O) groups is 2. The van der Waals surface area contributed by atoms with Gasteiger partial charge in [0.25, 0.3) is 0 Å². The predicted molar refractivity (Wildman–Crippen MR) is 69.3 cm³/mol. The summed E-state index contributed by atoms with van der Waals surface area (Å²) in [7, 11) is 0. The topological polar surface area (TPSA) is 78.4 Å². The first-order valence-corrected chi connectivity index (χ1v) is 6.82. The van der Waals surface area contributed by atoms with Crippen LogP contribution in [0, 0.1) is 5.92 Å². The Hall–Kier alpha value is -1.10. The van der Waals surface area contributed by atoms with E-state index in [2.05, 4.69) is 10.6 Å². The molecule has 0 aliphatic carbocycles. The molecule has 5 nitrogen and oxygen atoms in total. The average Bonchev–Trinajstić information content (AvgIpc) is 2.83. The van der Waals surface area contributed by atoms with E-state index < -0.39 is 17.4 Å². The maximum absolute atomic E-state index is 12.2. The highest BCUT2D eigenvalue weighted by Crippen LogP contribution is 2.23. The maximum Gasteiger partial charge on any atom is 0.308 e. The molecule has 0 aromatic rings. The highest BCUT2D eigenvalue weighted by Gasteiger charge is 2.39. The third-order valence-corrected chi connectivity index (χ3v) is 3.78. The molecule has 104 valence electrons. The van der Waals surface area contributed by atoms with E-state index in [-0.39, 0.29) is 12.5 Å². The van der Waals surface area contributed by atoms with Crippen LogP contribution in [-0.2, 0) is 9.59 Å². The summed E-state index contributed by atoms with van der Waals surface area (Å²) in [6.45, 7) is 5.02. The Morgan fingerprint density at radius 1 is 1.44 bits per heavy atom. The summed E-state index contributed by atoms with van der Waals surface area (Å²) >= 11 is 0. The molecule has 0 aromatic carbocycles. The van der Waals surface area contributed by atoms with E-state index in [9.17, 15) is 9.59 Å². The van der Waals surface area contributed by atoms with Gasteiger partial charge >= 0.3 is 5.97 Å².